The summed E-state index contributed by atoms with van der Waals surface area (Å²) >= 11 is 0. The van der Waals surface area contributed by atoms with Crippen LogP contribution in [0.1, 0.15) is 36.4 Å². The van der Waals surface area contributed by atoms with Crippen LogP contribution in [-0.2, 0) is 11.2 Å². The number of nitrogens with one attached hydrogen (secondary N) is 1. The van der Waals surface area contributed by atoms with Crippen molar-refractivity contribution in [2.45, 2.75) is 31.7 Å². The maximum absolute atomic E-state index is 5.11. The van der Waals surface area contributed by atoms with Gasteiger partial charge in [-0.05, 0) is 43.4 Å². The van der Waals surface area contributed by atoms with Crippen LogP contribution in [0.15, 0.2) is 24.3 Å². The second-order valence-electron chi connectivity index (χ2n) is 4.92. The lowest BCUT2D eigenvalue weighted by Crippen LogP contribution is -2.21. The highest BCUT2D eigenvalue weighted by molar-refractivity contribution is 5.35. The quantitative estimate of drug-likeness (QED) is 0.763. The summed E-state index contributed by atoms with van der Waals surface area (Å²) in [7, 11) is 3.86. The molecule has 1 N–H and O–H groups in total. The lowest BCUT2D eigenvalue weighted by Gasteiger charge is -2.19. The predicted octanol–water partition coefficient (Wildman–Crippen LogP) is 2.94. The van der Waals surface area contributed by atoms with Gasteiger partial charge in [-0.3, -0.25) is 0 Å². The molecule has 0 aromatic heterocycles. The van der Waals surface area contributed by atoms with E-state index in [2.05, 4.69) is 36.6 Å². The third-order valence-electron chi connectivity index (χ3n) is 3.83. The molecule has 2 nitrogen and oxygen atoms in total. The maximum Gasteiger partial charge on any atom is 0.0462 e. The number of ether oxygens (including phenoxy) is 1. The summed E-state index contributed by atoms with van der Waals surface area (Å²) in [5.41, 5.74) is 3.04. The normalized spacial score (nSPS) is 22.7. The van der Waals surface area contributed by atoms with Gasteiger partial charge < -0.3 is 10.1 Å². The molecule has 0 heterocycles. The Morgan fingerprint density at radius 1 is 1.29 bits per heavy atom. The minimum atomic E-state index is 0.550. The van der Waals surface area contributed by atoms with Crippen molar-refractivity contribution in [3.63, 3.8) is 0 Å². The fraction of sp³-hybridized carbons (Fsp3) is 0.600. The first-order chi connectivity index (χ1) is 8.36. The molecule has 94 valence electrons. The Balaban J connectivity index is 1.93. The number of methoxy groups -OCH3 is 1. The molecule has 1 aromatic rings. The van der Waals surface area contributed by atoms with E-state index in [4.69, 9.17) is 4.74 Å². The van der Waals surface area contributed by atoms with Crippen LogP contribution in [0.4, 0.5) is 0 Å². The summed E-state index contributed by atoms with van der Waals surface area (Å²) in [5.74, 6) is 0.759. The molecule has 2 atom stereocenters. The summed E-state index contributed by atoms with van der Waals surface area (Å²) in [5, 5.41) is 3.48. The molecule has 2 unspecified atom stereocenters. The highest BCUT2D eigenvalue weighted by atomic mass is 16.5. The predicted molar refractivity (Wildman–Crippen MR) is 71.2 cm³/mol. The number of hydrogen-bond donors (Lipinski definition) is 1. The van der Waals surface area contributed by atoms with E-state index in [1.54, 1.807) is 7.11 Å². The molecule has 0 radical (unpaired) electrons. The zero-order valence-electron chi connectivity index (χ0n) is 10.9. The highest BCUT2D eigenvalue weighted by Crippen LogP contribution is 2.38. The van der Waals surface area contributed by atoms with Crippen LogP contribution in [0, 0.1) is 5.92 Å². The van der Waals surface area contributed by atoms with E-state index >= 15 is 0 Å². The van der Waals surface area contributed by atoms with Gasteiger partial charge in [0, 0.05) is 19.8 Å². The van der Waals surface area contributed by atoms with Gasteiger partial charge in [-0.25, -0.2) is 0 Å². The second kappa shape index (κ2) is 6.18. The van der Waals surface area contributed by atoms with Gasteiger partial charge in [-0.15, -0.1) is 0 Å². The van der Waals surface area contributed by atoms with Gasteiger partial charge in [-0.1, -0.05) is 30.7 Å². The lowest BCUT2D eigenvalue weighted by atomic mass is 9.95. The summed E-state index contributed by atoms with van der Waals surface area (Å²) in [6, 6.07) is 9.39. The van der Waals surface area contributed by atoms with Crippen LogP contribution >= 0.6 is 0 Å². The van der Waals surface area contributed by atoms with Crippen molar-refractivity contribution < 1.29 is 4.74 Å². The van der Waals surface area contributed by atoms with Gasteiger partial charge in [0.1, 0.15) is 0 Å². The topological polar surface area (TPSA) is 21.3 Å². The van der Waals surface area contributed by atoms with Gasteiger partial charge in [0.05, 0.1) is 0 Å². The SMILES string of the molecule is CNC1c2ccccc2CC1CCCCOC. The molecule has 1 aliphatic rings. The van der Waals surface area contributed by atoms with Crippen LogP contribution in [0.2, 0.25) is 0 Å². The lowest BCUT2D eigenvalue weighted by molar-refractivity contribution is 0.189. The van der Waals surface area contributed by atoms with E-state index in [9.17, 15) is 0 Å². The summed E-state index contributed by atoms with van der Waals surface area (Å²) in [4.78, 5) is 0. The maximum atomic E-state index is 5.11. The molecule has 0 bridgehead atoms. The molecule has 1 aromatic carbocycles. The molecular weight excluding hydrogens is 210 g/mol. The van der Waals surface area contributed by atoms with E-state index in [1.165, 1.54) is 36.8 Å². The van der Waals surface area contributed by atoms with Crippen molar-refractivity contribution in [1.82, 2.24) is 5.32 Å². The minimum absolute atomic E-state index is 0.550. The zero-order valence-corrected chi connectivity index (χ0v) is 10.9. The van der Waals surface area contributed by atoms with E-state index in [-0.39, 0.29) is 0 Å². The Bertz CT molecular complexity index is 351. The van der Waals surface area contributed by atoms with Gasteiger partial charge in [0.2, 0.25) is 0 Å². The molecule has 2 rings (SSSR count). The second-order valence-corrected chi connectivity index (χ2v) is 4.92. The molecule has 0 spiro atoms. The molecule has 0 saturated carbocycles. The van der Waals surface area contributed by atoms with E-state index in [0.29, 0.717) is 6.04 Å². The number of hydrogen-bond acceptors (Lipinski definition) is 2. The summed E-state index contributed by atoms with van der Waals surface area (Å²) in [6.45, 7) is 0.893. The third-order valence-corrected chi connectivity index (χ3v) is 3.83. The van der Waals surface area contributed by atoms with Gasteiger partial charge in [-0.2, -0.15) is 0 Å². The van der Waals surface area contributed by atoms with Crippen LogP contribution < -0.4 is 5.32 Å². The average molecular weight is 233 g/mol. The fourth-order valence-electron chi connectivity index (χ4n) is 2.99. The molecule has 17 heavy (non-hydrogen) atoms. The Hall–Kier alpha value is -0.860. The standard InChI is InChI=1S/C15H23NO/c1-16-15-13(8-5-6-10-17-2)11-12-7-3-4-9-14(12)15/h3-4,7,9,13,15-16H,5-6,8,10-11H2,1-2H3. The number of fused-ring (bicyclic) bond motifs is 1. The summed E-state index contributed by atoms with van der Waals surface area (Å²) < 4.78 is 5.11. The number of benzene rings is 1. The minimum Gasteiger partial charge on any atom is -0.385 e. The summed E-state index contributed by atoms with van der Waals surface area (Å²) in [6.07, 6.45) is 4.97. The number of rotatable bonds is 6. The smallest absolute Gasteiger partial charge is 0.0462 e. The molecule has 2 heteroatoms. The number of unbranched alkanes of at least 4 members (excludes halogenated alkanes) is 1. The first-order valence-electron chi connectivity index (χ1n) is 6.61. The largest absolute Gasteiger partial charge is 0.385 e. The molecule has 0 aliphatic heterocycles. The van der Waals surface area contributed by atoms with Crippen molar-refractivity contribution in [3.05, 3.63) is 35.4 Å². The van der Waals surface area contributed by atoms with E-state index in [1.807, 2.05) is 0 Å². The molecule has 1 aliphatic carbocycles. The van der Waals surface area contributed by atoms with Crippen molar-refractivity contribution in [2.75, 3.05) is 20.8 Å². The average Bonchev–Trinajstić information content (AvgIpc) is 2.72. The monoisotopic (exact) mass is 233 g/mol. The van der Waals surface area contributed by atoms with Crippen molar-refractivity contribution in [3.8, 4) is 0 Å². The van der Waals surface area contributed by atoms with Crippen LogP contribution in [0.3, 0.4) is 0 Å². The van der Waals surface area contributed by atoms with Gasteiger partial charge in [0.25, 0.3) is 0 Å². The Labute approximate surface area is 104 Å². The van der Waals surface area contributed by atoms with E-state index in [0.717, 1.165) is 12.5 Å². The Kier molecular flexibility index (Phi) is 4.57. The van der Waals surface area contributed by atoms with Crippen molar-refractivity contribution in [1.29, 1.82) is 0 Å². The molecule has 0 amide bonds. The first kappa shape index (κ1) is 12.6. The van der Waals surface area contributed by atoms with Crippen LogP contribution in [0.5, 0.6) is 0 Å². The van der Waals surface area contributed by atoms with E-state index < -0.39 is 0 Å². The third kappa shape index (κ3) is 2.88. The van der Waals surface area contributed by atoms with Crippen LogP contribution in [0.25, 0.3) is 0 Å². The molecular formula is C15H23NO. The van der Waals surface area contributed by atoms with Crippen molar-refractivity contribution >= 4 is 0 Å². The highest BCUT2D eigenvalue weighted by Gasteiger charge is 2.30. The molecule has 0 saturated heterocycles. The fourth-order valence-corrected chi connectivity index (χ4v) is 2.99. The Morgan fingerprint density at radius 3 is 2.88 bits per heavy atom. The van der Waals surface area contributed by atoms with Gasteiger partial charge in [0.15, 0.2) is 0 Å². The Morgan fingerprint density at radius 2 is 2.12 bits per heavy atom. The van der Waals surface area contributed by atoms with Gasteiger partial charge >= 0.3 is 0 Å². The van der Waals surface area contributed by atoms with Crippen molar-refractivity contribution in [2.24, 2.45) is 5.92 Å². The first-order valence-corrected chi connectivity index (χ1v) is 6.61. The molecule has 0 fully saturated rings. The van der Waals surface area contributed by atoms with Crippen LogP contribution in [-0.4, -0.2) is 20.8 Å². The zero-order chi connectivity index (χ0) is 12.1.